The number of nitriles is 1. The van der Waals surface area contributed by atoms with E-state index in [1.165, 1.54) is 12.1 Å². The second kappa shape index (κ2) is 4.54. The molecule has 17 heavy (non-hydrogen) atoms. The van der Waals surface area contributed by atoms with Crippen LogP contribution in [0.5, 0.6) is 0 Å². The van der Waals surface area contributed by atoms with Gasteiger partial charge in [0.1, 0.15) is 5.82 Å². The number of nitrogens with one attached hydrogen (secondary N) is 1. The summed E-state index contributed by atoms with van der Waals surface area (Å²) in [5.74, 6) is -0.317. The van der Waals surface area contributed by atoms with Crippen molar-refractivity contribution in [3.63, 3.8) is 0 Å². The van der Waals surface area contributed by atoms with Crippen molar-refractivity contribution in [2.45, 2.75) is 0 Å². The van der Waals surface area contributed by atoms with Gasteiger partial charge in [0.05, 0.1) is 23.0 Å². The molecule has 0 spiro atoms. The normalized spacial score (nSPS) is 9.65. The van der Waals surface area contributed by atoms with Gasteiger partial charge in [0.25, 0.3) is 0 Å². The first kappa shape index (κ1) is 11.0. The fourth-order valence-corrected chi connectivity index (χ4v) is 1.47. The Labute approximate surface area is 98.3 Å². The van der Waals surface area contributed by atoms with E-state index >= 15 is 0 Å². The van der Waals surface area contributed by atoms with Crippen LogP contribution in [-0.4, -0.2) is 0 Å². The van der Waals surface area contributed by atoms with Crippen molar-refractivity contribution in [1.82, 2.24) is 0 Å². The molecule has 0 bridgehead atoms. The molecule has 0 amide bonds. The molecule has 0 atom stereocenters. The summed E-state index contributed by atoms with van der Waals surface area (Å²) < 4.78 is 13.0. The highest BCUT2D eigenvalue weighted by molar-refractivity contribution is 5.73. The quantitative estimate of drug-likeness (QED) is 0.775. The molecule has 0 aromatic heterocycles. The number of halogens is 1. The summed E-state index contributed by atoms with van der Waals surface area (Å²) in [6.45, 7) is 0. The summed E-state index contributed by atoms with van der Waals surface area (Å²) in [6.07, 6.45) is 0. The van der Waals surface area contributed by atoms with Crippen LogP contribution in [0.25, 0.3) is 0 Å². The van der Waals surface area contributed by atoms with E-state index in [2.05, 4.69) is 5.32 Å². The molecule has 0 radical (unpaired) electrons. The predicted molar refractivity (Wildman–Crippen MR) is 65.3 cm³/mol. The molecule has 0 fully saturated rings. The van der Waals surface area contributed by atoms with E-state index in [1.54, 1.807) is 30.3 Å². The molecular weight excluding hydrogens is 217 g/mol. The minimum absolute atomic E-state index is 0.317. The first-order chi connectivity index (χ1) is 8.19. The van der Waals surface area contributed by atoms with Gasteiger partial charge in [-0.2, -0.15) is 5.26 Å². The average Bonchev–Trinajstić information content (AvgIpc) is 2.32. The topological polar surface area (TPSA) is 61.8 Å². The van der Waals surface area contributed by atoms with Gasteiger partial charge in [-0.1, -0.05) is 6.07 Å². The zero-order valence-corrected chi connectivity index (χ0v) is 8.94. The van der Waals surface area contributed by atoms with Crippen molar-refractivity contribution in [2.75, 3.05) is 11.1 Å². The van der Waals surface area contributed by atoms with Gasteiger partial charge in [-0.05, 0) is 36.4 Å². The second-order valence-electron chi connectivity index (χ2n) is 3.55. The van der Waals surface area contributed by atoms with E-state index in [-0.39, 0.29) is 5.82 Å². The van der Waals surface area contributed by atoms with Gasteiger partial charge >= 0.3 is 0 Å². The van der Waals surface area contributed by atoms with Crippen LogP contribution in [0.4, 0.5) is 21.5 Å². The Balaban J connectivity index is 2.28. The van der Waals surface area contributed by atoms with Crippen LogP contribution in [0.1, 0.15) is 5.56 Å². The summed E-state index contributed by atoms with van der Waals surface area (Å²) in [6, 6.07) is 13.0. The molecule has 84 valence electrons. The zero-order valence-electron chi connectivity index (χ0n) is 8.94. The van der Waals surface area contributed by atoms with Crippen LogP contribution >= 0.6 is 0 Å². The molecule has 4 heteroatoms. The lowest BCUT2D eigenvalue weighted by molar-refractivity contribution is 0.628. The lowest BCUT2D eigenvalue weighted by Crippen LogP contribution is -1.97. The monoisotopic (exact) mass is 227 g/mol. The Morgan fingerprint density at radius 2 is 2.00 bits per heavy atom. The Kier molecular flexibility index (Phi) is 2.93. The zero-order chi connectivity index (χ0) is 12.3. The highest BCUT2D eigenvalue weighted by Crippen LogP contribution is 2.24. The Bertz CT molecular complexity index is 587. The Morgan fingerprint density at radius 3 is 2.65 bits per heavy atom. The van der Waals surface area contributed by atoms with Gasteiger partial charge in [-0.3, -0.25) is 0 Å². The van der Waals surface area contributed by atoms with Gasteiger partial charge in [-0.15, -0.1) is 0 Å². The van der Waals surface area contributed by atoms with E-state index in [0.717, 1.165) is 0 Å². The summed E-state index contributed by atoms with van der Waals surface area (Å²) in [5, 5.41) is 11.7. The first-order valence-electron chi connectivity index (χ1n) is 5.01. The first-order valence-corrected chi connectivity index (χ1v) is 5.01. The summed E-state index contributed by atoms with van der Waals surface area (Å²) >= 11 is 0. The van der Waals surface area contributed by atoms with Gasteiger partial charge in [0, 0.05) is 5.69 Å². The number of hydrogen-bond acceptors (Lipinski definition) is 3. The van der Waals surface area contributed by atoms with Gasteiger partial charge < -0.3 is 11.1 Å². The van der Waals surface area contributed by atoms with Crippen molar-refractivity contribution in [2.24, 2.45) is 0 Å². The number of nitrogens with zero attached hydrogens (tertiary/aromatic N) is 1. The number of nitrogen functional groups attached to an aromatic ring is 1. The number of nitrogens with two attached hydrogens (primary N) is 1. The SMILES string of the molecule is N#Cc1ccc(Nc2cccc(F)c2)c(N)c1. The van der Waals surface area contributed by atoms with Crippen molar-refractivity contribution < 1.29 is 4.39 Å². The van der Waals surface area contributed by atoms with Crippen LogP contribution in [-0.2, 0) is 0 Å². The number of benzene rings is 2. The molecule has 0 aliphatic carbocycles. The van der Waals surface area contributed by atoms with Crippen molar-refractivity contribution in [3.8, 4) is 6.07 Å². The lowest BCUT2D eigenvalue weighted by Gasteiger charge is -2.09. The molecule has 2 rings (SSSR count). The third-order valence-corrected chi connectivity index (χ3v) is 2.28. The van der Waals surface area contributed by atoms with Crippen LogP contribution < -0.4 is 11.1 Å². The number of anilines is 3. The van der Waals surface area contributed by atoms with E-state index in [1.807, 2.05) is 6.07 Å². The van der Waals surface area contributed by atoms with E-state index in [4.69, 9.17) is 11.0 Å². The molecule has 3 nitrogen and oxygen atoms in total. The van der Waals surface area contributed by atoms with E-state index in [0.29, 0.717) is 22.6 Å². The Hall–Kier alpha value is -2.54. The molecule has 0 unspecified atom stereocenters. The van der Waals surface area contributed by atoms with Gasteiger partial charge in [0.2, 0.25) is 0 Å². The number of rotatable bonds is 2. The summed E-state index contributed by atoms with van der Waals surface area (Å²) in [7, 11) is 0. The van der Waals surface area contributed by atoms with Gasteiger partial charge in [-0.25, -0.2) is 4.39 Å². The van der Waals surface area contributed by atoms with E-state index in [9.17, 15) is 4.39 Å². The van der Waals surface area contributed by atoms with Crippen LogP contribution in [0.3, 0.4) is 0 Å². The molecule has 0 saturated carbocycles. The lowest BCUT2D eigenvalue weighted by atomic mass is 10.2. The predicted octanol–water partition coefficient (Wildman–Crippen LogP) is 3.02. The van der Waals surface area contributed by atoms with Crippen molar-refractivity contribution in [1.29, 1.82) is 5.26 Å². The molecule has 2 aromatic rings. The van der Waals surface area contributed by atoms with E-state index < -0.39 is 0 Å². The smallest absolute Gasteiger partial charge is 0.125 e. The van der Waals surface area contributed by atoms with Crippen LogP contribution in [0.2, 0.25) is 0 Å². The molecule has 2 aromatic carbocycles. The highest BCUT2D eigenvalue weighted by Gasteiger charge is 2.01. The third kappa shape index (κ3) is 2.52. The third-order valence-electron chi connectivity index (χ3n) is 2.28. The molecule has 0 aliphatic heterocycles. The second-order valence-corrected chi connectivity index (χ2v) is 3.55. The van der Waals surface area contributed by atoms with Gasteiger partial charge in [0.15, 0.2) is 0 Å². The molecule has 3 N–H and O–H groups in total. The molecular formula is C13H10FN3. The Morgan fingerprint density at radius 1 is 1.18 bits per heavy atom. The summed E-state index contributed by atoms with van der Waals surface area (Å²) in [5.41, 5.74) is 7.98. The minimum atomic E-state index is -0.317. The van der Waals surface area contributed by atoms with Crippen LogP contribution in [0, 0.1) is 17.1 Å². The largest absolute Gasteiger partial charge is 0.397 e. The number of hydrogen-bond donors (Lipinski definition) is 2. The maximum atomic E-state index is 13.0. The molecule has 0 aliphatic rings. The fourth-order valence-electron chi connectivity index (χ4n) is 1.47. The standard InChI is InChI=1S/C13H10FN3/c14-10-2-1-3-11(7-10)17-13-5-4-9(8-15)6-12(13)16/h1-7,17H,16H2. The molecule has 0 heterocycles. The maximum absolute atomic E-state index is 13.0. The average molecular weight is 227 g/mol. The minimum Gasteiger partial charge on any atom is -0.397 e. The fraction of sp³-hybridized carbons (Fsp3) is 0. The highest BCUT2D eigenvalue weighted by atomic mass is 19.1. The molecule has 0 saturated heterocycles. The summed E-state index contributed by atoms with van der Waals surface area (Å²) in [4.78, 5) is 0. The van der Waals surface area contributed by atoms with Crippen molar-refractivity contribution in [3.05, 3.63) is 53.8 Å². The maximum Gasteiger partial charge on any atom is 0.125 e. The van der Waals surface area contributed by atoms with Crippen LogP contribution in [0.15, 0.2) is 42.5 Å². The van der Waals surface area contributed by atoms with Crippen molar-refractivity contribution >= 4 is 17.1 Å².